The van der Waals surface area contributed by atoms with E-state index in [2.05, 4.69) is 4.98 Å². The summed E-state index contributed by atoms with van der Waals surface area (Å²) >= 11 is 0. The molecule has 5 heteroatoms. The van der Waals surface area contributed by atoms with Crippen LogP contribution >= 0.6 is 0 Å². The molecule has 0 saturated carbocycles. The van der Waals surface area contributed by atoms with Gasteiger partial charge in [0.05, 0.1) is 25.1 Å². The van der Waals surface area contributed by atoms with Crippen molar-refractivity contribution in [1.82, 2.24) is 4.98 Å². The molecule has 0 bridgehead atoms. The minimum Gasteiger partial charge on any atom is -0.493 e. The molecule has 1 aromatic carbocycles. The topological polar surface area (TPSA) is 61.6 Å². The molecule has 0 spiro atoms. The first-order valence-electron chi connectivity index (χ1n) is 6.11. The van der Waals surface area contributed by atoms with Crippen LogP contribution in [-0.4, -0.2) is 19.2 Å². The van der Waals surface area contributed by atoms with E-state index >= 15 is 0 Å². The second-order valence-electron chi connectivity index (χ2n) is 4.72. The first-order valence-corrected chi connectivity index (χ1v) is 6.11. The maximum Gasteiger partial charge on any atom is 0.346 e. The van der Waals surface area contributed by atoms with Crippen LogP contribution in [0.4, 0.5) is 0 Å². The van der Waals surface area contributed by atoms with Crippen LogP contribution in [-0.2, 0) is 6.42 Å². The summed E-state index contributed by atoms with van der Waals surface area (Å²) in [6, 6.07) is 3.28. The zero-order chi connectivity index (χ0) is 14.0. The fourth-order valence-electron chi connectivity index (χ4n) is 1.88. The summed E-state index contributed by atoms with van der Waals surface area (Å²) in [5.74, 6) is 1.84. The van der Waals surface area contributed by atoms with Gasteiger partial charge in [0.25, 0.3) is 0 Å². The van der Waals surface area contributed by atoms with Crippen LogP contribution in [0.3, 0.4) is 0 Å². The number of nitrogens with zero attached hydrogens (tertiary/aromatic N) is 1. The van der Waals surface area contributed by atoms with Crippen molar-refractivity contribution >= 4 is 10.9 Å². The lowest BCUT2D eigenvalue weighted by Crippen LogP contribution is -2.08. The molecular weight excluding hydrogens is 246 g/mol. The highest BCUT2D eigenvalue weighted by Gasteiger charge is 2.12. The lowest BCUT2D eigenvalue weighted by Gasteiger charge is -2.09. The predicted molar refractivity (Wildman–Crippen MR) is 71.9 cm³/mol. The normalized spacial score (nSPS) is 11.0. The number of methoxy groups -OCH3 is 2. The van der Waals surface area contributed by atoms with E-state index in [1.165, 1.54) is 7.11 Å². The van der Waals surface area contributed by atoms with Gasteiger partial charge in [-0.05, 0) is 5.92 Å². The quantitative estimate of drug-likeness (QED) is 0.847. The van der Waals surface area contributed by atoms with Crippen molar-refractivity contribution in [3.05, 3.63) is 28.4 Å². The van der Waals surface area contributed by atoms with Crippen LogP contribution in [0.2, 0.25) is 0 Å². The summed E-state index contributed by atoms with van der Waals surface area (Å²) in [6.45, 7) is 4.08. The second kappa shape index (κ2) is 5.30. The van der Waals surface area contributed by atoms with E-state index in [4.69, 9.17) is 13.9 Å². The molecule has 102 valence electrons. The Morgan fingerprint density at radius 2 is 1.84 bits per heavy atom. The largest absolute Gasteiger partial charge is 0.493 e. The predicted octanol–water partition coefficient (Wildman–Crippen LogP) is 2.40. The van der Waals surface area contributed by atoms with Crippen molar-refractivity contribution in [2.24, 2.45) is 5.92 Å². The first-order chi connectivity index (χ1) is 9.05. The molecule has 0 N–H and O–H groups in total. The minimum absolute atomic E-state index is 0.369. The Kier molecular flexibility index (Phi) is 3.74. The van der Waals surface area contributed by atoms with E-state index in [0.717, 1.165) is 0 Å². The summed E-state index contributed by atoms with van der Waals surface area (Å²) in [4.78, 5) is 16.3. The summed E-state index contributed by atoms with van der Waals surface area (Å²) in [5, 5.41) is 0.394. The van der Waals surface area contributed by atoms with Gasteiger partial charge in [0.2, 0.25) is 0 Å². The molecule has 0 aliphatic rings. The van der Waals surface area contributed by atoms with E-state index in [-0.39, 0.29) is 0 Å². The molecule has 0 saturated heterocycles. The van der Waals surface area contributed by atoms with E-state index < -0.39 is 5.63 Å². The first kappa shape index (κ1) is 13.4. The van der Waals surface area contributed by atoms with Crippen molar-refractivity contribution < 1.29 is 13.9 Å². The van der Waals surface area contributed by atoms with Gasteiger partial charge in [-0.3, -0.25) is 0 Å². The Morgan fingerprint density at radius 1 is 1.21 bits per heavy atom. The third-order valence-electron chi connectivity index (χ3n) is 2.76. The molecular formula is C14H17NO4. The molecule has 0 aliphatic heterocycles. The van der Waals surface area contributed by atoms with Gasteiger partial charge in [-0.15, -0.1) is 0 Å². The number of hydrogen-bond donors (Lipinski definition) is 0. The fraction of sp³-hybridized carbons (Fsp3) is 0.429. The molecule has 0 fully saturated rings. The van der Waals surface area contributed by atoms with Gasteiger partial charge in [-0.2, -0.15) is 0 Å². The van der Waals surface area contributed by atoms with Crippen molar-refractivity contribution in [2.45, 2.75) is 20.3 Å². The lowest BCUT2D eigenvalue weighted by atomic mass is 10.1. The monoisotopic (exact) mass is 263 g/mol. The zero-order valence-electron chi connectivity index (χ0n) is 11.5. The van der Waals surface area contributed by atoms with E-state index in [0.29, 0.717) is 40.6 Å². The third kappa shape index (κ3) is 2.70. The average molecular weight is 263 g/mol. The highest BCUT2D eigenvalue weighted by Crippen LogP contribution is 2.30. The minimum atomic E-state index is -0.401. The summed E-state index contributed by atoms with van der Waals surface area (Å²) < 4.78 is 15.6. The molecule has 0 amide bonds. The van der Waals surface area contributed by atoms with E-state index in [1.807, 2.05) is 13.8 Å². The molecule has 0 atom stereocenters. The highest BCUT2D eigenvalue weighted by atomic mass is 16.5. The molecule has 19 heavy (non-hydrogen) atoms. The Balaban J connectivity index is 2.63. The molecule has 2 rings (SSSR count). The summed E-state index contributed by atoms with van der Waals surface area (Å²) in [6.07, 6.45) is 0.625. The average Bonchev–Trinajstić information content (AvgIpc) is 2.36. The zero-order valence-corrected chi connectivity index (χ0v) is 11.5. The summed E-state index contributed by atoms with van der Waals surface area (Å²) in [5.41, 5.74) is 0.158. The molecule has 1 heterocycles. The van der Waals surface area contributed by atoms with Crippen molar-refractivity contribution in [3.63, 3.8) is 0 Å². The molecule has 1 aromatic heterocycles. The second-order valence-corrected chi connectivity index (χ2v) is 4.72. The van der Waals surface area contributed by atoms with Gasteiger partial charge >= 0.3 is 5.63 Å². The van der Waals surface area contributed by atoms with Gasteiger partial charge in [0.15, 0.2) is 17.4 Å². The number of benzene rings is 1. The van der Waals surface area contributed by atoms with Crippen LogP contribution in [0.15, 0.2) is 21.3 Å². The number of fused-ring (bicyclic) bond motifs is 1. The van der Waals surface area contributed by atoms with Gasteiger partial charge in [-0.1, -0.05) is 13.8 Å². The number of rotatable bonds is 4. The molecule has 0 radical (unpaired) electrons. The van der Waals surface area contributed by atoms with Gasteiger partial charge in [-0.25, -0.2) is 9.78 Å². The Morgan fingerprint density at radius 3 is 2.42 bits per heavy atom. The van der Waals surface area contributed by atoms with E-state index in [9.17, 15) is 4.79 Å². The van der Waals surface area contributed by atoms with Crippen molar-refractivity contribution in [1.29, 1.82) is 0 Å². The van der Waals surface area contributed by atoms with Crippen molar-refractivity contribution in [2.75, 3.05) is 14.2 Å². The Bertz CT molecular complexity index is 646. The highest BCUT2D eigenvalue weighted by molar-refractivity contribution is 5.81. The number of hydrogen-bond acceptors (Lipinski definition) is 5. The van der Waals surface area contributed by atoms with Crippen LogP contribution in [0, 0.1) is 5.92 Å². The Labute approximate surface area is 111 Å². The molecule has 0 aliphatic carbocycles. The standard InChI is InChI=1S/C14H17NO4/c1-8(2)5-13-15-10-7-12(18-4)11(17-3)6-9(10)14(16)19-13/h6-8H,5H2,1-4H3. The van der Waals surface area contributed by atoms with Crippen LogP contribution in [0.1, 0.15) is 19.7 Å². The van der Waals surface area contributed by atoms with Crippen LogP contribution in [0.25, 0.3) is 10.9 Å². The molecule has 5 nitrogen and oxygen atoms in total. The van der Waals surface area contributed by atoms with Crippen LogP contribution in [0.5, 0.6) is 11.5 Å². The van der Waals surface area contributed by atoms with Gasteiger partial charge < -0.3 is 13.9 Å². The third-order valence-corrected chi connectivity index (χ3v) is 2.76. The van der Waals surface area contributed by atoms with Gasteiger partial charge in [0.1, 0.15) is 0 Å². The SMILES string of the molecule is COc1cc2nc(CC(C)C)oc(=O)c2cc1OC. The number of ether oxygens (including phenoxy) is 2. The number of aromatic nitrogens is 1. The van der Waals surface area contributed by atoms with Crippen LogP contribution < -0.4 is 15.1 Å². The molecule has 2 aromatic rings. The Hall–Kier alpha value is -2.04. The maximum atomic E-state index is 11.9. The van der Waals surface area contributed by atoms with Gasteiger partial charge in [0, 0.05) is 18.6 Å². The summed E-state index contributed by atoms with van der Waals surface area (Å²) in [7, 11) is 3.07. The lowest BCUT2D eigenvalue weighted by molar-refractivity contribution is 0.355. The van der Waals surface area contributed by atoms with Crippen molar-refractivity contribution in [3.8, 4) is 11.5 Å². The smallest absolute Gasteiger partial charge is 0.346 e. The van der Waals surface area contributed by atoms with E-state index in [1.54, 1.807) is 19.2 Å². The fourth-order valence-corrected chi connectivity index (χ4v) is 1.88. The maximum absolute atomic E-state index is 11.9. The molecule has 0 unspecified atom stereocenters.